The first-order chi connectivity index (χ1) is 8.24. The van der Waals surface area contributed by atoms with Crippen molar-refractivity contribution in [2.24, 2.45) is 0 Å². The van der Waals surface area contributed by atoms with Crippen LogP contribution in [0.3, 0.4) is 0 Å². The van der Waals surface area contributed by atoms with E-state index < -0.39 is 0 Å². The lowest BCUT2D eigenvalue weighted by atomic mass is 10.2. The van der Waals surface area contributed by atoms with Gasteiger partial charge >= 0.3 is 0 Å². The van der Waals surface area contributed by atoms with Gasteiger partial charge in [-0.2, -0.15) is 9.61 Å². The molecule has 0 aliphatic carbocycles. The first-order valence-corrected chi connectivity index (χ1v) is 5.98. The second-order valence-corrected chi connectivity index (χ2v) is 4.71. The SMILES string of the molecule is Cc1cc(N2CC[NH+](C)CC2)c2nncn2n1. The van der Waals surface area contributed by atoms with Gasteiger partial charge in [0.2, 0.25) is 5.65 Å². The molecule has 1 aliphatic rings. The standard InChI is InChI=1S/C11H16N6/c1-9-7-10(11-13-12-8-17(11)14-9)16-5-3-15(2)4-6-16/h7-8H,3-6H2,1-2H3/p+1. The van der Waals surface area contributed by atoms with Crippen LogP contribution < -0.4 is 9.80 Å². The molecule has 0 bridgehead atoms. The Morgan fingerprint density at radius 1 is 1.29 bits per heavy atom. The highest BCUT2D eigenvalue weighted by atomic mass is 15.4. The van der Waals surface area contributed by atoms with E-state index in [9.17, 15) is 0 Å². The van der Waals surface area contributed by atoms with Crippen molar-refractivity contribution in [2.45, 2.75) is 6.92 Å². The first kappa shape index (κ1) is 10.5. The van der Waals surface area contributed by atoms with Gasteiger partial charge in [-0.3, -0.25) is 0 Å². The van der Waals surface area contributed by atoms with Crippen molar-refractivity contribution in [3.63, 3.8) is 0 Å². The molecule has 0 atom stereocenters. The number of rotatable bonds is 1. The number of likely N-dealkylation sites (N-methyl/N-ethyl adjacent to an activating group) is 1. The molecule has 6 heteroatoms. The van der Waals surface area contributed by atoms with Gasteiger partial charge in [0.15, 0.2) is 0 Å². The highest BCUT2D eigenvalue weighted by Crippen LogP contribution is 2.19. The average Bonchev–Trinajstić information content (AvgIpc) is 2.77. The minimum atomic E-state index is 0.857. The summed E-state index contributed by atoms with van der Waals surface area (Å²) < 4.78 is 1.76. The summed E-state index contributed by atoms with van der Waals surface area (Å²) in [5.74, 6) is 0. The molecule has 2 aromatic heterocycles. The maximum atomic E-state index is 4.37. The number of hydrogen-bond acceptors (Lipinski definition) is 4. The Labute approximate surface area is 99.8 Å². The fourth-order valence-corrected chi connectivity index (χ4v) is 2.29. The first-order valence-electron chi connectivity index (χ1n) is 5.98. The van der Waals surface area contributed by atoms with E-state index in [1.807, 2.05) is 6.92 Å². The van der Waals surface area contributed by atoms with Crippen molar-refractivity contribution in [3.05, 3.63) is 18.1 Å². The van der Waals surface area contributed by atoms with Crippen LogP contribution >= 0.6 is 0 Å². The fourth-order valence-electron chi connectivity index (χ4n) is 2.29. The van der Waals surface area contributed by atoms with Crippen LogP contribution in [0.1, 0.15) is 5.69 Å². The summed E-state index contributed by atoms with van der Waals surface area (Å²) in [5, 5.41) is 12.5. The normalized spacial score (nSPS) is 17.9. The van der Waals surface area contributed by atoms with Crippen molar-refractivity contribution in [2.75, 3.05) is 38.1 Å². The molecule has 17 heavy (non-hydrogen) atoms. The van der Waals surface area contributed by atoms with Gasteiger partial charge in [-0.1, -0.05) is 0 Å². The van der Waals surface area contributed by atoms with Gasteiger partial charge in [-0.05, 0) is 13.0 Å². The van der Waals surface area contributed by atoms with Crippen LogP contribution in [0.2, 0.25) is 0 Å². The third kappa shape index (κ3) is 1.84. The van der Waals surface area contributed by atoms with Crippen molar-refractivity contribution < 1.29 is 4.90 Å². The molecule has 1 N–H and O–H groups in total. The number of hydrogen-bond donors (Lipinski definition) is 1. The van der Waals surface area contributed by atoms with Gasteiger partial charge < -0.3 is 9.80 Å². The molecule has 0 saturated carbocycles. The molecule has 3 rings (SSSR count). The van der Waals surface area contributed by atoms with Crippen LogP contribution in [0.5, 0.6) is 0 Å². The van der Waals surface area contributed by atoms with Gasteiger partial charge in [0, 0.05) is 0 Å². The molecule has 90 valence electrons. The van der Waals surface area contributed by atoms with Crippen LogP contribution in [0.4, 0.5) is 5.69 Å². The number of aryl methyl sites for hydroxylation is 1. The molecule has 1 aliphatic heterocycles. The minimum Gasteiger partial charge on any atom is -0.357 e. The Kier molecular flexibility index (Phi) is 2.44. The molecule has 0 spiro atoms. The highest BCUT2D eigenvalue weighted by molar-refractivity contribution is 5.68. The predicted octanol–water partition coefficient (Wildman–Crippen LogP) is -1.23. The molecule has 1 fully saturated rings. The van der Waals surface area contributed by atoms with E-state index in [-0.39, 0.29) is 0 Å². The van der Waals surface area contributed by atoms with Gasteiger partial charge in [-0.25, -0.2) is 0 Å². The van der Waals surface area contributed by atoms with Crippen molar-refractivity contribution in [1.82, 2.24) is 19.8 Å². The topological polar surface area (TPSA) is 50.8 Å². The Morgan fingerprint density at radius 2 is 2.06 bits per heavy atom. The molecule has 3 heterocycles. The van der Waals surface area contributed by atoms with Gasteiger partial charge in [0.1, 0.15) is 6.33 Å². The molecule has 0 amide bonds. The molecule has 2 aromatic rings. The lowest BCUT2D eigenvalue weighted by Gasteiger charge is -2.31. The summed E-state index contributed by atoms with van der Waals surface area (Å²) in [4.78, 5) is 3.97. The second kappa shape index (κ2) is 3.96. The summed E-state index contributed by atoms with van der Waals surface area (Å²) in [6.07, 6.45) is 1.66. The van der Waals surface area contributed by atoms with E-state index in [0.29, 0.717) is 0 Å². The van der Waals surface area contributed by atoms with Gasteiger partial charge in [-0.15, -0.1) is 10.2 Å². The monoisotopic (exact) mass is 233 g/mol. The smallest absolute Gasteiger partial charge is 0.200 e. The zero-order chi connectivity index (χ0) is 11.8. The van der Waals surface area contributed by atoms with E-state index in [0.717, 1.165) is 30.1 Å². The largest absolute Gasteiger partial charge is 0.357 e. The van der Waals surface area contributed by atoms with E-state index in [1.54, 1.807) is 15.7 Å². The zero-order valence-electron chi connectivity index (χ0n) is 10.2. The number of nitrogens with zero attached hydrogens (tertiary/aromatic N) is 5. The second-order valence-electron chi connectivity index (χ2n) is 4.71. The molecule has 0 unspecified atom stereocenters. The third-order valence-corrected chi connectivity index (χ3v) is 3.33. The predicted molar refractivity (Wildman–Crippen MR) is 64.4 cm³/mol. The molecule has 0 aromatic carbocycles. The summed E-state index contributed by atoms with van der Waals surface area (Å²) >= 11 is 0. The average molecular weight is 233 g/mol. The van der Waals surface area contributed by atoms with Gasteiger partial charge in [0.05, 0.1) is 44.6 Å². The van der Waals surface area contributed by atoms with E-state index in [2.05, 4.69) is 33.3 Å². The summed E-state index contributed by atoms with van der Waals surface area (Å²) in [6.45, 7) is 6.48. The third-order valence-electron chi connectivity index (χ3n) is 3.33. The number of piperazine rings is 1. The van der Waals surface area contributed by atoms with Gasteiger partial charge in [0.25, 0.3) is 0 Å². The quantitative estimate of drug-likeness (QED) is 0.670. The molecule has 1 saturated heterocycles. The number of fused-ring (bicyclic) bond motifs is 1. The van der Waals surface area contributed by atoms with E-state index in [1.165, 1.54) is 13.1 Å². The van der Waals surface area contributed by atoms with Crippen LogP contribution in [-0.2, 0) is 0 Å². The summed E-state index contributed by atoms with van der Waals surface area (Å²) in [6, 6.07) is 2.10. The fraction of sp³-hybridized carbons (Fsp3) is 0.545. The van der Waals surface area contributed by atoms with E-state index in [4.69, 9.17) is 0 Å². The highest BCUT2D eigenvalue weighted by Gasteiger charge is 2.20. The number of aromatic nitrogens is 4. The summed E-state index contributed by atoms with van der Waals surface area (Å²) in [7, 11) is 2.24. The molecular formula is C11H17N6+. The maximum Gasteiger partial charge on any atom is 0.200 e. The molecular weight excluding hydrogens is 216 g/mol. The summed E-state index contributed by atoms with van der Waals surface area (Å²) in [5.41, 5.74) is 3.01. The number of nitrogens with one attached hydrogen (secondary N) is 1. The number of anilines is 1. The molecule has 0 radical (unpaired) electrons. The molecule has 6 nitrogen and oxygen atoms in total. The lowest BCUT2D eigenvalue weighted by molar-refractivity contribution is -0.880. The van der Waals surface area contributed by atoms with Crippen molar-refractivity contribution in [1.29, 1.82) is 0 Å². The Morgan fingerprint density at radius 3 is 2.82 bits per heavy atom. The maximum absolute atomic E-state index is 4.37. The van der Waals surface area contributed by atoms with Crippen LogP contribution in [0, 0.1) is 6.92 Å². The van der Waals surface area contributed by atoms with Crippen molar-refractivity contribution >= 4 is 11.3 Å². The lowest BCUT2D eigenvalue weighted by Crippen LogP contribution is -3.12. The Balaban J connectivity index is 2.01. The minimum absolute atomic E-state index is 0.857. The Hall–Kier alpha value is -1.69. The Bertz CT molecular complexity index is 526. The zero-order valence-corrected chi connectivity index (χ0v) is 10.2. The van der Waals surface area contributed by atoms with Crippen LogP contribution in [-0.4, -0.2) is 53.0 Å². The van der Waals surface area contributed by atoms with Crippen LogP contribution in [0.15, 0.2) is 12.4 Å². The van der Waals surface area contributed by atoms with Crippen LogP contribution in [0.25, 0.3) is 5.65 Å². The van der Waals surface area contributed by atoms with Crippen molar-refractivity contribution in [3.8, 4) is 0 Å². The number of quaternary nitrogens is 1. The van der Waals surface area contributed by atoms with E-state index >= 15 is 0 Å².